The molecule has 1 N–H and O–H groups in total. The van der Waals surface area contributed by atoms with Gasteiger partial charge in [-0.05, 0) is 65.1 Å². The second kappa shape index (κ2) is 8.82. The maximum atomic E-state index is 14.8. The van der Waals surface area contributed by atoms with Gasteiger partial charge in [-0.2, -0.15) is 0 Å². The van der Waals surface area contributed by atoms with Gasteiger partial charge in [0.15, 0.2) is 0 Å². The molecule has 0 aliphatic carbocycles. The van der Waals surface area contributed by atoms with E-state index in [9.17, 15) is 9.18 Å². The quantitative estimate of drug-likeness (QED) is 0.511. The van der Waals surface area contributed by atoms with E-state index in [0.29, 0.717) is 16.9 Å². The van der Waals surface area contributed by atoms with Gasteiger partial charge in [0.25, 0.3) is 5.91 Å². The SMILES string of the molecule is O=C(Nc1ccc(N2CCN(c3ccccc3)CC2)c(F)c1)c1ccccc1I. The maximum absolute atomic E-state index is 14.8. The first-order valence-corrected chi connectivity index (χ1v) is 10.6. The molecule has 148 valence electrons. The second-order valence-corrected chi connectivity index (χ2v) is 8.07. The molecule has 0 unspecified atom stereocenters. The average molecular weight is 501 g/mol. The Morgan fingerprint density at radius 3 is 2.21 bits per heavy atom. The minimum absolute atomic E-state index is 0.237. The third-order valence-corrected chi connectivity index (χ3v) is 6.01. The molecule has 3 aromatic rings. The highest BCUT2D eigenvalue weighted by Gasteiger charge is 2.20. The van der Waals surface area contributed by atoms with Crippen molar-refractivity contribution in [2.45, 2.75) is 0 Å². The zero-order chi connectivity index (χ0) is 20.2. The molecular formula is C23H21FIN3O. The molecule has 1 heterocycles. The van der Waals surface area contributed by atoms with Crippen LogP contribution >= 0.6 is 22.6 Å². The van der Waals surface area contributed by atoms with Gasteiger partial charge in [0, 0.05) is 41.1 Å². The van der Waals surface area contributed by atoms with Gasteiger partial charge in [-0.25, -0.2) is 4.39 Å². The van der Waals surface area contributed by atoms with E-state index in [-0.39, 0.29) is 11.7 Å². The molecule has 0 aromatic heterocycles. The zero-order valence-corrected chi connectivity index (χ0v) is 18.0. The van der Waals surface area contributed by atoms with Crippen LogP contribution in [0.3, 0.4) is 0 Å². The molecule has 6 heteroatoms. The smallest absolute Gasteiger partial charge is 0.256 e. The highest BCUT2D eigenvalue weighted by atomic mass is 127. The lowest BCUT2D eigenvalue weighted by Crippen LogP contribution is -2.46. The van der Waals surface area contributed by atoms with E-state index in [1.165, 1.54) is 11.8 Å². The van der Waals surface area contributed by atoms with E-state index in [1.54, 1.807) is 18.2 Å². The van der Waals surface area contributed by atoms with Crippen LogP contribution < -0.4 is 15.1 Å². The predicted molar refractivity (Wildman–Crippen MR) is 124 cm³/mol. The lowest BCUT2D eigenvalue weighted by molar-refractivity contribution is 0.102. The number of anilines is 3. The van der Waals surface area contributed by atoms with Gasteiger partial charge in [-0.3, -0.25) is 4.79 Å². The number of nitrogens with zero attached hydrogens (tertiary/aromatic N) is 2. The van der Waals surface area contributed by atoms with Crippen LogP contribution in [0, 0.1) is 9.39 Å². The van der Waals surface area contributed by atoms with Gasteiger partial charge in [0.2, 0.25) is 0 Å². The molecule has 1 aliphatic rings. The number of carbonyl (C=O) groups excluding carboxylic acids is 1. The standard InChI is InChI=1S/C23H21FIN3O/c24-20-16-17(26-23(29)19-8-4-5-9-21(19)25)10-11-22(20)28-14-12-27(13-15-28)18-6-2-1-3-7-18/h1-11,16H,12-15H2,(H,26,29). The van der Waals surface area contributed by atoms with Crippen molar-refractivity contribution in [3.63, 3.8) is 0 Å². The number of carbonyl (C=O) groups is 1. The summed E-state index contributed by atoms with van der Waals surface area (Å²) in [7, 11) is 0. The van der Waals surface area contributed by atoms with E-state index < -0.39 is 0 Å². The number of para-hydroxylation sites is 1. The number of hydrogen-bond donors (Lipinski definition) is 1. The Hall–Kier alpha value is -2.61. The summed E-state index contributed by atoms with van der Waals surface area (Å²) in [5.41, 5.74) is 2.81. The minimum Gasteiger partial charge on any atom is -0.368 e. The van der Waals surface area contributed by atoms with Gasteiger partial charge in [-0.15, -0.1) is 0 Å². The molecule has 0 saturated carbocycles. The Balaban J connectivity index is 1.42. The van der Waals surface area contributed by atoms with Gasteiger partial charge in [-0.1, -0.05) is 30.3 Å². The van der Waals surface area contributed by atoms with E-state index >= 15 is 0 Å². The van der Waals surface area contributed by atoms with Gasteiger partial charge >= 0.3 is 0 Å². The first-order chi connectivity index (χ1) is 14.1. The van der Waals surface area contributed by atoms with Crippen LogP contribution in [0.15, 0.2) is 72.8 Å². The number of halogens is 2. The third-order valence-electron chi connectivity index (χ3n) is 5.07. The van der Waals surface area contributed by atoms with Crippen LogP contribution in [0.5, 0.6) is 0 Å². The fraction of sp³-hybridized carbons (Fsp3) is 0.174. The summed E-state index contributed by atoms with van der Waals surface area (Å²) in [4.78, 5) is 16.8. The number of rotatable bonds is 4. The van der Waals surface area contributed by atoms with Crippen molar-refractivity contribution < 1.29 is 9.18 Å². The monoisotopic (exact) mass is 501 g/mol. The lowest BCUT2D eigenvalue weighted by atomic mass is 10.2. The molecule has 4 nitrogen and oxygen atoms in total. The van der Waals surface area contributed by atoms with E-state index in [0.717, 1.165) is 29.7 Å². The van der Waals surface area contributed by atoms with Gasteiger partial charge < -0.3 is 15.1 Å². The first kappa shape index (κ1) is 19.7. The summed E-state index contributed by atoms with van der Waals surface area (Å²) < 4.78 is 15.6. The Morgan fingerprint density at radius 1 is 0.862 bits per heavy atom. The van der Waals surface area contributed by atoms with Crippen molar-refractivity contribution in [3.05, 3.63) is 87.7 Å². The van der Waals surface area contributed by atoms with Crippen LogP contribution in [0.4, 0.5) is 21.5 Å². The largest absolute Gasteiger partial charge is 0.368 e. The van der Waals surface area contributed by atoms with E-state index in [2.05, 4.69) is 49.8 Å². The van der Waals surface area contributed by atoms with E-state index in [4.69, 9.17) is 0 Å². The van der Waals surface area contributed by atoms with Crippen molar-refractivity contribution in [2.24, 2.45) is 0 Å². The van der Waals surface area contributed by atoms with Crippen LogP contribution in [-0.4, -0.2) is 32.1 Å². The van der Waals surface area contributed by atoms with Crippen LogP contribution in [-0.2, 0) is 0 Å². The summed E-state index contributed by atoms with van der Waals surface area (Å²) >= 11 is 2.12. The predicted octanol–water partition coefficient (Wildman–Crippen LogP) is 5.01. The number of amides is 1. The van der Waals surface area contributed by atoms with Crippen molar-refractivity contribution in [2.75, 3.05) is 41.3 Å². The molecule has 1 amide bonds. The summed E-state index contributed by atoms with van der Waals surface area (Å²) in [5, 5.41) is 2.79. The zero-order valence-electron chi connectivity index (χ0n) is 15.8. The topological polar surface area (TPSA) is 35.6 Å². The molecule has 1 aliphatic heterocycles. The number of hydrogen-bond acceptors (Lipinski definition) is 3. The Bertz CT molecular complexity index is 1000. The maximum Gasteiger partial charge on any atom is 0.256 e. The molecule has 0 spiro atoms. The number of piperazine rings is 1. The van der Waals surface area contributed by atoms with Gasteiger partial charge in [0.05, 0.1) is 11.3 Å². The summed E-state index contributed by atoms with van der Waals surface area (Å²) in [6, 6.07) is 22.5. The fourth-order valence-corrected chi connectivity index (χ4v) is 4.16. The fourth-order valence-electron chi connectivity index (χ4n) is 3.53. The van der Waals surface area contributed by atoms with Gasteiger partial charge in [0.1, 0.15) is 5.82 Å². The molecule has 1 fully saturated rings. The van der Waals surface area contributed by atoms with Crippen molar-refractivity contribution in [1.82, 2.24) is 0 Å². The molecule has 29 heavy (non-hydrogen) atoms. The highest BCUT2D eigenvalue weighted by Crippen LogP contribution is 2.26. The Kier molecular flexibility index (Phi) is 5.99. The van der Waals surface area contributed by atoms with Crippen LogP contribution in [0.25, 0.3) is 0 Å². The Labute approximate surface area is 183 Å². The number of benzene rings is 3. The van der Waals surface area contributed by atoms with Crippen LogP contribution in [0.1, 0.15) is 10.4 Å². The number of nitrogens with one attached hydrogen (secondary N) is 1. The molecule has 3 aromatic carbocycles. The third kappa shape index (κ3) is 4.53. The minimum atomic E-state index is -0.321. The first-order valence-electron chi connectivity index (χ1n) is 9.52. The molecule has 0 bridgehead atoms. The van der Waals surface area contributed by atoms with Crippen molar-refractivity contribution in [3.8, 4) is 0 Å². The summed E-state index contributed by atoms with van der Waals surface area (Å²) in [5.74, 6) is -0.558. The summed E-state index contributed by atoms with van der Waals surface area (Å²) in [6.45, 7) is 3.18. The molecule has 4 rings (SSSR count). The van der Waals surface area contributed by atoms with Crippen molar-refractivity contribution >= 4 is 45.6 Å². The average Bonchev–Trinajstić information content (AvgIpc) is 2.75. The molecule has 0 atom stereocenters. The van der Waals surface area contributed by atoms with E-state index in [1.807, 2.05) is 36.4 Å². The van der Waals surface area contributed by atoms with Crippen molar-refractivity contribution in [1.29, 1.82) is 0 Å². The van der Waals surface area contributed by atoms with Crippen LogP contribution in [0.2, 0.25) is 0 Å². The molecule has 0 radical (unpaired) electrons. The summed E-state index contributed by atoms with van der Waals surface area (Å²) in [6.07, 6.45) is 0. The highest BCUT2D eigenvalue weighted by molar-refractivity contribution is 14.1. The molecular weight excluding hydrogens is 480 g/mol. The lowest BCUT2D eigenvalue weighted by Gasteiger charge is -2.37. The second-order valence-electron chi connectivity index (χ2n) is 6.91. The Morgan fingerprint density at radius 2 is 1.52 bits per heavy atom. The molecule has 1 saturated heterocycles. The normalized spacial score (nSPS) is 14.0.